The van der Waals surface area contributed by atoms with Gasteiger partial charge in [-0.05, 0) is 17.7 Å². The van der Waals surface area contributed by atoms with Crippen LogP contribution in [-0.4, -0.2) is 17.8 Å². The van der Waals surface area contributed by atoms with Gasteiger partial charge in [0.1, 0.15) is 10.7 Å². The van der Waals surface area contributed by atoms with E-state index in [2.05, 4.69) is 10.5 Å². The molecule has 2 aromatic carbocycles. The van der Waals surface area contributed by atoms with E-state index in [-0.39, 0.29) is 0 Å². The van der Waals surface area contributed by atoms with Gasteiger partial charge in [-0.3, -0.25) is 5.43 Å². The van der Waals surface area contributed by atoms with Gasteiger partial charge in [0, 0.05) is 17.5 Å². The molecule has 0 spiro atoms. The topological polar surface area (TPSA) is 33.6 Å². The predicted molar refractivity (Wildman–Crippen MR) is 84.5 cm³/mol. The molecule has 3 nitrogen and oxygen atoms in total. The van der Waals surface area contributed by atoms with Gasteiger partial charge in [0.05, 0.1) is 12.8 Å². The number of nitrogens with zero attached hydrogens (tertiary/aromatic N) is 1. The van der Waals surface area contributed by atoms with E-state index in [4.69, 9.17) is 17.0 Å². The van der Waals surface area contributed by atoms with Gasteiger partial charge in [0.25, 0.3) is 0 Å². The van der Waals surface area contributed by atoms with Crippen LogP contribution in [0.1, 0.15) is 16.7 Å². The van der Waals surface area contributed by atoms with Gasteiger partial charge in [0.15, 0.2) is 0 Å². The summed E-state index contributed by atoms with van der Waals surface area (Å²) >= 11 is 5.28. The average molecular weight is 282 g/mol. The van der Waals surface area contributed by atoms with E-state index in [9.17, 15) is 0 Å². The summed E-state index contributed by atoms with van der Waals surface area (Å²) in [6, 6.07) is 16.1. The molecule has 1 aliphatic rings. The number of fused-ring (bicyclic) bond motifs is 1. The maximum atomic E-state index is 5.32. The lowest BCUT2D eigenvalue weighted by molar-refractivity contribution is 0.414. The Morgan fingerprint density at radius 1 is 1.15 bits per heavy atom. The minimum absolute atomic E-state index is 0.689. The minimum Gasteiger partial charge on any atom is -0.497 e. The summed E-state index contributed by atoms with van der Waals surface area (Å²) < 4.78 is 5.32. The van der Waals surface area contributed by atoms with Crippen LogP contribution in [-0.2, 0) is 6.42 Å². The van der Waals surface area contributed by atoms with Crippen molar-refractivity contribution in [2.24, 2.45) is 5.10 Å². The average Bonchev–Trinajstić information content (AvgIpc) is 2.65. The van der Waals surface area contributed by atoms with E-state index >= 15 is 0 Å². The number of hydrogen-bond donors (Lipinski definition) is 1. The highest BCUT2D eigenvalue weighted by molar-refractivity contribution is 7.80. The molecule has 0 atom stereocenters. The quantitative estimate of drug-likeness (QED) is 0.860. The Hall–Kier alpha value is -2.20. The maximum Gasteiger partial charge on any atom is 0.119 e. The van der Waals surface area contributed by atoms with Gasteiger partial charge < -0.3 is 4.74 Å². The molecule has 0 bridgehead atoms. The van der Waals surface area contributed by atoms with Crippen LogP contribution in [0.2, 0.25) is 0 Å². The number of nitrogens with one attached hydrogen (secondary N) is 1. The van der Waals surface area contributed by atoms with Crippen LogP contribution in [0.3, 0.4) is 0 Å². The summed E-state index contributed by atoms with van der Waals surface area (Å²) in [5.74, 6) is 0.820. The fourth-order valence-corrected chi connectivity index (χ4v) is 2.47. The fraction of sp³-hybridized carbons (Fsp3) is 0.125. The number of benzene rings is 2. The van der Waals surface area contributed by atoms with Crippen molar-refractivity contribution < 1.29 is 4.74 Å². The summed E-state index contributed by atoms with van der Waals surface area (Å²) in [7, 11) is 1.67. The molecule has 3 rings (SSSR count). The van der Waals surface area contributed by atoms with Crippen molar-refractivity contribution >= 4 is 22.9 Å². The Bertz CT molecular complexity index is 680. The largest absolute Gasteiger partial charge is 0.497 e. The Labute approximate surface area is 123 Å². The first kappa shape index (κ1) is 12.8. The van der Waals surface area contributed by atoms with Crippen LogP contribution < -0.4 is 10.2 Å². The molecule has 0 aromatic heterocycles. The molecular formula is C16H14N2OS. The predicted octanol–water partition coefficient (Wildman–Crippen LogP) is 2.92. The fourth-order valence-electron chi connectivity index (χ4n) is 2.26. The van der Waals surface area contributed by atoms with Crippen molar-refractivity contribution in [1.29, 1.82) is 0 Å². The number of hydrazone groups is 1. The van der Waals surface area contributed by atoms with Gasteiger partial charge in [-0.2, -0.15) is 5.10 Å². The van der Waals surface area contributed by atoms with Crippen LogP contribution in [0.4, 0.5) is 0 Å². The molecule has 1 aliphatic heterocycles. The van der Waals surface area contributed by atoms with Gasteiger partial charge in [0.2, 0.25) is 0 Å². The number of ether oxygens (including phenoxy) is 1. The summed E-state index contributed by atoms with van der Waals surface area (Å²) in [6.07, 6.45) is 0.689. The molecule has 100 valence electrons. The number of hydrogen-bond acceptors (Lipinski definition) is 3. The van der Waals surface area contributed by atoms with Crippen LogP contribution in [0.15, 0.2) is 53.6 Å². The lowest BCUT2D eigenvalue weighted by atomic mass is 9.96. The highest BCUT2D eigenvalue weighted by atomic mass is 32.1. The molecular weight excluding hydrogens is 268 g/mol. The summed E-state index contributed by atoms with van der Waals surface area (Å²) in [5, 5.41) is 4.46. The first-order valence-electron chi connectivity index (χ1n) is 6.37. The van der Waals surface area contributed by atoms with Gasteiger partial charge in [-0.15, -0.1) is 0 Å². The van der Waals surface area contributed by atoms with E-state index < -0.39 is 0 Å². The molecule has 0 saturated heterocycles. The second kappa shape index (κ2) is 5.43. The van der Waals surface area contributed by atoms with Crippen molar-refractivity contribution in [3.05, 3.63) is 65.2 Å². The van der Waals surface area contributed by atoms with Gasteiger partial charge >= 0.3 is 0 Å². The van der Waals surface area contributed by atoms with E-state index in [0.29, 0.717) is 6.42 Å². The van der Waals surface area contributed by atoms with Crippen LogP contribution in [0.25, 0.3) is 0 Å². The number of thiocarbonyl (C=S) groups is 1. The molecule has 0 aliphatic carbocycles. The number of rotatable bonds is 2. The summed E-state index contributed by atoms with van der Waals surface area (Å²) in [6.45, 7) is 0. The molecule has 20 heavy (non-hydrogen) atoms. The third-order valence-electron chi connectivity index (χ3n) is 3.26. The zero-order chi connectivity index (χ0) is 13.9. The molecule has 1 heterocycles. The third-order valence-corrected chi connectivity index (χ3v) is 3.50. The monoisotopic (exact) mass is 282 g/mol. The summed E-state index contributed by atoms with van der Waals surface area (Å²) in [5.41, 5.74) is 7.11. The molecule has 2 aromatic rings. The molecule has 0 unspecified atom stereocenters. The zero-order valence-electron chi connectivity index (χ0n) is 11.1. The Balaban J connectivity index is 2.18. The smallest absolute Gasteiger partial charge is 0.119 e. The third kappa shape index (κ3) is 2.42. The summed E-state index contributed by atoms with van der Waals surface area (Å²) in [4.78, 5) is 0.724. The highest BCUT2D eigenvalue weighted by Crippen LogP contribution is 2.23. The van der Waals surface area contributed by atoms with Crippen molar-refractivity contribution in [3.63, 3.8) is 0 Å². The Morgan fingerprint density at radius 2 is 1.95 bits per heavy atom. The molecule has 0 radical (unpaired) electrons. The van der Waals surface area contributed by atoms with Crippen LogP contribution >= 0.6 is 12.2 Å². The normalized spacial score (nSPS) is 13.8. The maximum absolute atomic E-state index is 5.32. The lowest BCUT2D eigenvalue weighted by Crippen LogP contribution is -2.16. The SMILES string of the molecule is COc1ccc2c(c1)C(c1ccccc1)=NNC(=S)C2. The van der Waals surface area contributed by atoms with Crippen molar-refractivity contribution in [3.8, 4) is 5.75 Å². The van der Waals surface area contributed by atoms with Gasteiger partial charge in [-0.25, -0.2) is 0 Å². The van der Waals surface area contributed by atoms with E-state index in [1.807, 2.05) is 48.5 Å². The first-order valence-corrected chi connectivity index (χ1v) is 6.78. The van der Waals surface area contributed by atoms with E-state index in [1.165, 1.54) is 0 Å². The van der Waals surface area contributed by atoms with Crippen LogP contribution in [0, 0.1) is 0 Å². The second-order valence-corrected chi connectivity index (χ2v) is 5.05. The standard InChI is InChI=1S/C16H14N2OS/c1-19-13-8-7-12-9-15(20)17-18-16(14(12)10-13)11-5-3-2-4-6-11/h2-8,10H,9H2,1H3,(H,17,20). The Kier molecular flexibility index (Phi) is 3.48. The first-order chi connectivity index (χ1) is 9.78. The van der Waals surface area contributed by atoms with Crippen LogP contribution in [0.5, 0.6) is 5.75 Å². The lowest BCUT2D eigenvalue weighted by Gasteiger charge is -2.10. The zero-order valence-corrected chi connectivity index (χ0v) is 11.9. The molecule has 0 amide bonds. The second-order valence-electron chi connectivity index (χ2n) is 4.56. The Morgan fingerprint density at radius 3 is 2.70 bits per heavy atom. The molecule has 4 heteroatoms. The van der Waals surface area contributed by atoms with Gasteiger partial charge in [-0.1, -0.05) is 48.6 Å². The van der Waals surface area contributed by atoms with Crippen molar-refractivity contribution in [2.75, 3.05) is 7.11 Å². The minimum atomic E-state index is 0.689. The van der Waals surface area contributed by atoms with E-state index in [0.717, 1.165) is 33.1 Å². The van der Waals surface area contributed by atoms with Crippen molar-refractivity contribution in [1.82, 2.24) is 5.43 Å². The number of methoxy groups -OCH3 is 1. The molecule has 0 saturated carbocycles. The van der Waals surface area contributed by atoms with E-state index in [1.54, 1.807) is 7.11 Å². The molecule has 0 fully saturated rings. The molecule has 1 N–H and O–H groups in total. The highest BCUT2D eigenvalue weighted by Gasteiger charge is 2.17. The van der Waals surface area contributed by atoms with Crippen molar-refractivity contribution in [2.45, 2.75) is 6.42 Å².